The SMILES string of the molecule is COc1ccc2cc(/C=C/C(=O)OCC(=O)N[C@H](C)c3ccc(C)c(C)c3)ccc2c1. The second kappa shape index (κ2) is 9.94. The minimum absolute atomic E-state index is 0.169. The lowest BCUT2D eigenvalue weighted by Crippen LogP contribution is -2.31. The topological polar surface area (TPSA) is 64.6 Å². The molecular weight excluding hydrogens is 390 g/mol. The monoisotopic (exact) mass is 417 g/mol. The zero-order chi connectivity index (χ0) is 22.4. The number of carbonyl (C=O) groups is 2. The van der Waals surface area contributed by atoms with Gasteiger partial charge in [0.05, 0.1) is 13.2 Å². The molecule has 1 atom stereocenters. The number of methoxy groups -OCH3 is 1. The minimum Gasteiger partial charge on any atom is -0.497 e. The number of ether oxygens (including phenoxy) is 2. The molecule has 0 aliphatic rings. The molecule has 1 amide bonds. The van der Waals surface area contributed by atoms with E-state index in [0.29, 0.717) is 0 Å². The van der Waals surface area contributed by atoms with Gasteiger partial charge in [-0.1, -0.05) is 36.4 Å². The van der Waals surface area contributed by atoms with E-state index in [9.17, 15) is 9.59 Å². The van der Waals surface area contributed by atoms with Crippen molar-refractivity contribution in [3.63, 3.8) is 0 Å². The second-order valence-electron chi connectivity index (χ2n) is 7.55. The molecule has 3 rings (SSSR count). The highest BCUT2D eigenvalue weighted by Crippen LogP contribution is 2.22. The summed E-state index contributed by atoms with van der Waals surface area (Å²) in [6.45, 7) is 5.66. The van der Waals surface area contributed by atoms with Crippen LogP contribution in [0, 0.1) is 13.8 Å². The first-order valence-corrected chi connectivity index (χ1v) is 10.1. The van der Waals surface area contributed by atoms with Crippen molar-refractivity contribution in [3.8, 4) is 5.75 Å². The number of rotatable bonds is 7. The molecule has 160 valence electrons. The van der Waals surface area contributed by atoms with E-state index in [1.165, 1.54) is 17.2 Å². The first kappa shape index (κ1) is 22.1. The molecule has 0 unspecified atom stereocenters. The van der Waals surface area contributed by atoms with Gasteiger partial charge in [0.2, 0.25) is 0 Å². The fourth-order valence-electron chi connectivity index (χ4n) is 3.22. The van der Waals surface area contributed by atoms with Gasteiger partial charge >= 0.3 is 5.97 Å². The molecule has 0 fully saturated rings. The van der Waals surface area contributed by atoms with Crippen LogP contribution in [0.1, 0.15) is 35.2 Å². The average molecular weight is 418 g/mol. The van der Waals surface area contributed by atoms with Crippen LogP contribution in [-0.4, -0.2) is 25.6 Å². The highest BCUT2D eigenvalue weighted by Gasteiger charge is 2.11. The number of benzene rings is 3. The third-order valence-corrected chi connectivity index (χ3v) is 5.24. The van der Waals surface area contributed by atoms with E-state index in [4.69, 9.17) is 9.47 Å². The maximum atomic E-state index is 12.1. The zero-order valence-electron chi connectivity index (χ0n) is 18.3. The summed E-state index contributed by atoms with van der Waals surface area (Å²) in [6.07, 6.45) is 2.99. The number of aryl methyl sites for hydroxylation is 2. The molecule has 31 heavy (non-hydrogen) atoms. The molecule has 0 spiro atoms. The first-order chi connectivity index (χ1) is 14.9. The Bertz CT molecular complexity index is 1130. The highest BCUT2D eigenvalue weighted by molar-refractivity contribution is 5.91. The van der Waals surface area contributed by atoms with Crippen LogP contribution in [0.4, 0.5) is 0 Å². The Hall–Kier alpha value is -3.60. The molecule has 0 aliphatic heterocycles. The van der Waals surface area contributed by atoms with Crippen molar-refractivity contribution in [1.29, 1.82) is 0 Å². The molecule has 0 aromatic heterocycles. The third-order valence-electron chi connectivity index (χ3n) is 5.24. The summed E-state index contributed by atoms with van der Waals surface area (Å²) in [5.74, 6) is -0.111. The molecule has 5 heteroatoms. The van der Waals surface area contributed by atoms with Gasteiger partial charge in [-0.15, -0.1) is 0 Å². The molecule has 0 saturated carbocycles. The maximum absolute atomic E-state index is 12.1. The van der Waals surface area contributed by atoms with Crippen LogP contribution < -0.4 is 10.1 Å². The Balaban J connectivity index is 1.52. The first-order valence-electron chi connectivity index (χ1n) is 10.1. The van der Waals surface area contributed by atoms with E-state index < -0.39 is 5.97 Å². The number of esters is 1. The van der Waals surface area contributed by atoms with E-state index in [1.54, 1.807) is 13.2 Å². The summed E-state index contributed by atoms with van der Waals surface area (Å²) in [5.41, 5.74) is 4.25. The lowest BCUT2D eigenvalue weighted by molar-refractivity contribution is -0.144. The molecule has 0 heterocycles. The summed E-state index contributed by atoms with van der Waals surface area (Å²) in [4.78, 5) is 24.1. The Morgan fingerprint density at radius 2 is 1.71 bits per heavy atom. The Morgan fingerprint density at radius 1 is 0.968 bits per heavy atom. The van der Waals surface area contributed by atoms with Crippen molar-refractivity contribution < 1.29 is 19.1 Å². The van der Waals surface area contributed by atoms with Gasteiger partial charge in [-0.25, -0.2) is 4.79 Å². The molecule has 0 saturated heterocycles. The Morgan fingerprint density at radius 3 is 2.45 bits per heavy atom. The average Bonchev–Trinajstić information content (AvgIpc) is 2.77. The summed E-state index contributed by atoms with van der Waals surface area (Å²) in [5, 5.41) is 4.94. The van der Waals surface area contributed by atoms with Crippen LogP contribution in [0.5, 0.6) is 5.75 Å². The lowest BCUT2D eigenvalue weighted by atomic mass is 10.0. The van der Waals surface area contributed by atoms with E-state index in [1.807, 2.05) is 69.3 Å². The summed E-state index contributed by atoms with van der Waals surface area (Å²) in [6, 6.07) is 17.5. The van der Waals surface area contributed by atoms with Gasteiger partial charge in [0.15, 0.2) is 6.61 Å². The minimum atomic E-state index is -0.566. The fraction of sp³-hybridized carbons (Fsp3) is 0.231. The van der Waals surface area contributed by atoms with Crippen LogP contribution in [0.25, 0.3) is 16.8 Å². The molecule has 3 aromatic rings. The second-order valence-corrected chi connectivity index (χ2v) is 7.55. The zero-order valence-corrected chi connectivity index (χ0v) is 18.3. The van der Waals surface area contributed by atoms with E-state index in [-0.39, 0.29) is 18.6 Å². The molecule has 5 nitrogen and oxygen atoms in total. The number of amides is 1. The summed E-state index contributed by atoms with van der Waals surface area (Å²) < 4.78 is 10.3. The van der Waals surface area contributed by atoms with E-state index in [2.05, 4.69) is 11.4 Å². The van der Waals surface area contributed by atoms with Gasteiger partial charge in [0, 0.05) is 6.08 Å². The van der Waals surface area contributed by atoms with Crippen LogP contribution in [0.3, 0.4) is 0 Å². The Kier molecular flexibility index (Phi) is 7.08. The van der Waals surface area contributed by atoms with Crippen molar-refractivity contribution >= 4 is 28.7 Å². The highest BCUT2D eigenvalue weighted by atomic mass is 16.5. The van der Waals surface area contributed by atoms with Gasteiger partial charge in [-0.3, -0.25) is 4.79 Å². The molecule has 0 aliphatic carbocycles. The quantitative estimate of drug-likeness (QED) is 0.439. The van der Waals surface area contributed by atoms with Gasteiger partial charge in [-0.05, 0) is 78.1 Å². The van der Waals surface area contributed by atoms with E-state index >= 15 is 0 Å². The smallest absolute Gasteiger partial charge is 0.331 e. The molecular formula is C26H27NO4. The fourth-order valence-corrected chi connectivity index (χ4v) is 3.22. The number of carbonyl (C=O) groups excluding carboxylic acids is 2. The molecule has 0 bridgehead atoms. The van der Waals surface area contributed by atoms with Crippen molar-refractivity contribution in [2.45, 2.75) is 26.8 Å². The van der Waals surface area contributed by atoms with Gasteiger partial charge in [0.25, 0.3) is 5.91 Å². The van der Waals surface area contributed by atoms with Gasteiger partial charge < -0.3 is 14.8 Å². The summed E-state index contributed by atoms with van der Waals surface area (Å²) >= 11 is 0. The number of hydrogen-bond acceptors (Lipinski definition) is 4. The number of fused-ring (bicyclic) bond motifs is 1. The standard InChI is InChI=1S/C26H27NO4/c1-17-5-8-21(13-18(17)2)19(3)27-25(28)16-31-26(29)12-7-20-6-9-23-15-24(30-4)11-10-22(23)14-20/h5-15,19H,16H2,1-4H3,(H,27,28)/b12-7+/t19-/m1/s1. The maximum Gasteiger partial charge on any atom is 0.331 e. The van der Waals surface area contributed by atoms with Crippen LogP contribution >= 0.6 is 0 Å². The van der Waals surface area contributed by atoms with Crippen molar-refractivity contribution in [3.05, 3.63) is 82.9 Å². The van der Waals surface area contributed by atoms with Crippen molar-refractivity contribution in [1.82, 2.24) is 5.32 Å². The Labute approximate surface area is 182 Å². The largest absolute Gasteiger partial charge is 0.497 e. The molecule has 3 aromatic carbocycles. The van der Waals surface area contributed by atoms with E-state index in [0.717, 1.165) is 27.6 Å². The van der Waals surface area contributed by atoms with Crippen molar-refractivity contribution in [2.24, 2.45) is 0 Å². The predicted molar refractivity (Wildman–Crippen MR) is 123 cm³/mol. The van der Waals surface area contributed by atoms with Crippen LogP contribution in [0.15, 0.2) is 60.7 Å². The molecule has 0 radical (unpaired) electrons. The molecule has 1 N–H and O–H groups in total. The van der Waals surface area contributed by atoms with Crippen LogP contribution in [0.2, 0.25) is 0 Å². The predicted octanol–water partition coefficient (Wildman–Crippen LogP) is 4.90. The van der Waals surface area contributed by atoms with Gasteiger partial charge in [-0.2, -0.15) is 0 Å². The van der Waals surface area contributed by atoms with Gasteiger partial charge in [0.1, 0.15) is 5.75 Å². The summed E-state index contributed by atoms with van der Waals surface area (Å²) in [7, 11) is 1.63. The number of hydrogen-bond donors (Lipinski definition) is 1. The normalized spacial score (nSPS) is 12.0. The number of nitrogens with one attached hydrogen (secondary N) is 1. The lowest BCUT2D eigenvalue weighted by Gasteiger charge is -2.15. The van der Waals surface area contributed by atoms with Crippen LogP contribution in [-0.2, 0) is 14.3 Å². The van der Waals surface area contributed by atoms with Crippen molar-refractivity contribution in [2.75, 3.05) is 13.7 Å². The third kappa shape index (κ3) is 5.95.